The fraction of sp³-hybridized carbons (Fsp3) is 0.471. The molecular formula is C34H41N5O2. The summed E-state index contributed by atoms with van der Waals surface area (Å²) in [5.41, 5.74) is 12.0. The monoisotopic (exact) mass is 551 g/mol. The number of hydrogen-bond acceptors (Lipinski definition) is 4. The first-order valence-electron chi connectivity index (χ1n) is 15.2. The maximum Gasteiger partial charge on any atom is 0.254 e. The lowest BCUT2D eigenvalue weighted by Crippen LogP contribution is -2.67. The van der Waals surface area contributed by atoms with Gasteiger partial charge in [0.25, 0.3) is 5.91 Å². The van der Waals surface area contributed by atoms with Gasteiger partial charge in [0.15, 0.2) is 5.82 Å². The number of aromatic nitrogens is 3. The van der Waals surface area contributed by atoms with Crippen molar-refractivity contribution in [2.24, 2.45) is 30.0 Å². The van der Waals surface area contributed by atoms with Gasteiger partial charge < -0.3 is 24.5 Å². The number of hydrogen-bond donors (Lipinski definition) is 1. The number of nitrogens with zero attached hydrogens (tertiary/aromatic N) is 4. The topological polar surface area (TPSA) is 78.3 Å². The third kappa shape index (κ3) is 4.37. The number of methoxy groups -OCH3 is 1. The van der Waals surface area contributed by atoms with Crippen molar-refractivity contribution in [2.45, 2.75) is 58.5 Å². The van der Waals surface area contributed by atoms with E-state index < -0.39 is 0 Å². The summed E-state index contributed by atoms with van der Waals surface area (Å²) in [6.07, 6.45) is 10.8. The van der Waals surface area contributed by atoms with Crippen molar-refractivity contribution in [3.8, 4) is 17.3 Å². The smallest absolute Gasteiger partial charge is 0.254 e. The molecule has 3 fully saturated rings. The van der Waals surface area contributed by atoms with Gasteiger partial charge in [-0.1, -0.05) is 31.2 Å². The Balaban J connectivity index is 1.30. The van der Waals surface area contributed by atoms with Gasteiger partial charge in [-0.3, -0.25) is 4.79 Å². The summed E-state index contributed by atoms with van der Waals surface area (Å²) in [7, 11) is 3.71. The van der Waals surface area contributed by atoms with Crippen LogP contribution in [0.15, 0.2) is 42.5 Å². The largest absolute Gasteiger partial charge is 0.494 e. The maximum absolute atomic E-state index is 13.6. The molecule has 2 atom stereocenters. The minimum absolute atomic E-state index is 0.00450. The number of fused-ring (bicyclic) bond motifs is 2. The number of allylic oxidation sites excluding steroid dienone is 1. The van der Waals surface area contributed by atoms with E-state index in [2.05, 4.69) is 59.4 Å². The van der Waals surface area contributed by atoms with Gasteiger partial charge in [-0.15, -0.1) is 0 Å². The molecule has 3 aliphatic rings. The van der Waals surface area contributed by atoms with Gasteiger partial charge in [0.05, 0.1) is 18.3 Å². The molecule has 4 aromatic rings. The van der Waals surface area contributed by atoms with Crippen molar-refractivity contribution in [2.75, 3.05) is 20.2 Å². The normalized spacial score (nSPS) is 22.7. The molecule has 1 unspecified atom stereocenters. The van der Waals surface area contributed by atoms with Crippen LogP contribution in [0.5, 0.6) is 5.75 Å². The first kappa shape index (κ1) is 26.3. The zero-order chi connectivity index (χ0) is 28.5. The van der Waals surface area contributed by atoms with Crippen LogP contribution in [0.1, 0.15) is 61.9 Å². The highest BCUT2D eigenvalue weighted by Gasteiger charge is 2.50. The van der Waals surface area contributed by atoms with Crippen molar-refractivity contribution < 1.29 is 9.53 Å². The summed E-state index contributed by atoms with van der Waals surface area (Å²) in [5, 5.41) is 1.23. The number of nitrogens with two attached hydrogens (primary N) is 1. The Morgan fingerprint density at radius 2 is 1.98 bits per heavy atom. The van der Waals surface area contributed by atoms with E-state index in [0.717, 1.165) is 41.4 Å². The summed E-state index contributed by atoms with van der Waals surface area (Å²) < 4.78 is 10.4. The molecule has 7 nitrogen and oxygen atoms in total. The highest BCUT2D eigenvalue weighted by atomic mass is 16.5. The molecule has 0 radical (unpaired) electrons. The molecule has 41 heavy (non-hydrogen) atoms. The second kappa shape index (κ2) is 9.76. The molecule has 2 N–H and O–H groups in total. The average Bonchev–Trinajstić information content (AvgIpc) is 3.92. The van der Waals surface area contributed by atoms with Crippen molar-refractivity contribution >= 4 is 33.9 Å². The lowest BCUT2D eigenvalue weighted by Gasteiger charge is -2.56. The molecule has 2 aliphatic carbocycles. The van der Waals surface area contributed by atoms with Crippen LogP contribution in [0.2, 0.25) is 0 Å². The molecule has 0 spiro atoms. The lowest BCUT2D eigenvalue weighted by molar-refractivity contribution is -0.0403. The maximum atomic E-state index is 13.6. The number of ether oxygens (including phenoxy) is 1. The van der Waals surface area contributed by atoms with Crippen molar-refractivity contribution in [1.82, 2.24) is 19.0 Å². The number of imidazole rings is 1. The highest BCUT2D eigenvalue weighted by Crippen LogP contribution is 2.42. The number of amides is 1. The minimum atomic E-state index is 0.00450. The summed E-state index contributed by atoms with van der Waals surface area (Å²) in [4.78, 5) is 20.7. The number of carbonyl (C=O) groups is 1. The fourth-order valence-electron chi connectivity index (χ4n) is 6.70. The van der Waals surface area contributed by atoms with Gasteiger partial charge in [-0.2, -0.15) is 0 Å². The molecule has 7 heteroatoms. The first-order chi connectivity index (χ1) is 19.9. The van der Waals surface area contributed by atoms with Crippen LogP contribution in [-0.4, -0.2) is 51.2 Å². The third-order valence-electron chi connectivity index (χ3n) is 10.1. The summed E-state index contributed by atoms with van der Waals surface area (Å²) >= 11 is 0. The summed E-state index contributed by atoms with van der Waals surface area (Å²) in [6.45, 7) is 6.54. The lowest BCUT2D eigenvalue weighted by atomic mass is 9.70. The Bertz CT molecular complexity index is 1680. The van der Waals surface area contributed by atoms with Crippen molar-refractivity contribution in [3.05, 3.63) is 53.6 Å². The molecule has 1 saturated heterocycles. The quantitative estimate of drug-likeness (QED) is 0.267. The molecule has 214 valence electrons. The predicted molar refractivity (Wildman–Crippen MR) is 165 cm³/mol. The fourth-order valence-corrected chi connectivity index (χ4v) is 6.70. The summed E-state index contributed by atoms with van der Waals surface area (Å²) in [6, 6.07) is 13.0. The first-order valence-corrected chi connectivity index (χ1v) is 15.2. The van der Waals surface area contributed by atoms with Gasteiger partial charge in [0, 0.05) is 54.6 Å². The van der Waals surface area contributed by atoms with E-state index in [-0.39, 0.29) is 17.4 Å². The van der Waals surface area contributed by atoms with E-state index in [0.29, 0.717) is 30.3 Å². The highest BCUT2D eigenvalue weighted by molar-refractivity contribution is 6.01. The van der Waals surface area contributed by atoms with Gasteiger partial charge in [0.1, 0.15) is 11.3 Å². The van der Waals surface area contributed by atoms with Gasteiger partial charge in [-0.25, -0.2) is 4.98 Å². The Morgan fingerprint density at radius 3 is 2.63 bits per heavy atom. The standard InChI is InChI=1S/C34H41N5O2/c1-5-34(19-35)20-39(21(34)2)33(40)26-15-27-31(30(17-26)41-4)37(3)32(36-27)29-16-25-13-12-23(9-8-22-6-7-22)14-28(25)38(29)18-24-10-11-24/h8-9,12-17,21-22,24H,5-7,10-11,18-20,35H2,1-4H3/b9-8+/t21?,34-/m1/s1. The second-order valence-electron chi connectivity index (χ2n) is 12.7. The third-order valence-corrected chi connectivity index (χ3v) is 10.1. The molecule has 2 aromatic heterocycles. The van der Waals surface area contributed by atoms with E-state index in [1.807, 2.05) is 24.1 Å². The van der Waals surface area contributed by atoms with Gasteiger partial charge in [0.2, 0.25) is 0 Å². The molecule has 1 amide bonds. The molecule has 7 rings (SSSR count). The van der Waals surface area contributed by atoms with Crippen LogP contribution in [0.25, 0.3) is 39.5 Å². The van der Waals surface area contributed by atoms with Crippen LogP contribution in [0, 0.1) is 17.3 Å². The van der Waals surface area contributed by atoms with E-state index >= 15 is 0 Å². The minimum Gasteiger partial charge on any atom is -0.494 e. The molecule has 1 aliphatic heterocycles. The van der Waals surface area contributed by atoms with Crippen molar-refractivity contribution in [1.29, 1.82) is 0 Å². The Morgan fingerprint density at radius 1 is 1.17 bits per heavy atom. The Hall–Kier alpha value is -3.58. The second-order valence-corrected chi connectivity index (χ2v) is 12.7. The molecule has 3 heterocycles. The van der Waals surface area contributed by atoms with Crippen LogP contribution in [0.3, 0.4) is 0 Å². The summed E-state index contributed by atoms with van der Waals surface area (Å²) in [5.74, 6) is 3.03. The van der Waals surface area contributed by atoms with Crippen LogP contribution in [-0.2, 0) is 13.6 Å². The van der Waals surface area contributed by atoms with Crippen LogP contribution in [0.4, 0.5) is 0 Å². The number of likely N-dealkylation sites (tertiary alicyclic amines) is 1. The SMILES string of the molecule is CC[C@@]1(CN)CN(C(=O)c2cc(OC)c3c(c2)nc(-c2cc4ccc(/C=C/C5CC5)cc4n2CC2CC2)n3C)C1C. The zero-order valence-corrected chi connectivity index (χ0v) is 24.7. The van der Waals surface area contributed by atoms with Crippen molar-refractivity contribution in [3.63, 3.8) is 0 Å². The van der Waals surface area contributed by atoms with E-state index in [1.54, 1.807) is 7.11 Å². The zero-order valence-electron chi connectivity index (χ0n) is 24.7. The van der Waals surface area contributed by atoms with Gasteiger partial charge >= 0.3 is 0 Å². The number of carbonyl (C=O) groups excluding carboxylic acids is 1. The molecular weight excluding hydrogens is 510 g/mol. The predicted octanol–water partition coefficient (Wildman–Crippen LogP) is 6.24. The molecule has 2 aromatic carbocycles. The van der Waals surface area contributed by atoms with E-state index in [4.69, 9.17) is 15.5 Å². The number of benzene rings is 2. The number of aryl methyl sites for hydroxylation is 1. The number of rotatable bonds is 9. The Labute approximate surface area is 242 Å². The van der Waals surface area contributed by atoms with E-state index in [9.17, 15) is 4.79 Å². The average molecular weight is 552 g/mol. The van der Waals surface area contributed by atoms with Crippen LogP contribution >= 0.6 is 0 Å². The molecule has 0 bridgehead atoms. The Kier molecular flexibility index (Phi) is 6.27. The van der Waals surface area contributed by atoms with Crippen LogP contribution < -0.4 is 10.5 Å². The van der Waals surface area contributed by atoms with Gasteiger partial charge in [-0.05, 0) is 80.7 Å². The molecule has 2 saturated carbocycles. The van der Waals surface area contributed by atoms with E-state index in [1.165, 1.54) is 42.1 Å².